The molecule has 118 valence electrons. The van der Waals surface area contributed by atoms with Crippen LogP contribution in [0, 0.1) is 11.3 Å². The lowest BCUT2D eigenvalue weighted by atomic mass is 9.77. The SMILES string of the molecule is CC(N)C(c1ccccc1)N1CCCC(C(C)(C)C)CC1. The highest BCUT2D eigenvalue weighted by molar-refractivity contribution is 5.20. The van der Waals surface area contributed by atoms with E-state index in [2.05, 4.69) is 62.9 Å². The summed E-state index contributed by atoms with van der Waals surface area (Å²) in [6.45, 7) is 11.6. The molecule has 2 heteroatoms. The van der Waals surface area contributed by atoms with Crippen LogP contribution in [0.5, 0.6) is 0 Å². The van der Waals surface area contributed by atoms with Gasteiger partial charge in [0.25, 0.3) is 0 Å². The summed E-state index contributed by atoms with van der Waals surface area (Å²) in [6, 6.07) is 11.3. The number of nitrogens with zero attached hydrogens (tertiary/aromatic N) is 1. The number of likely N-dealkylation sites (tertiary alicyclic amines) is 1. The molecule has 2 rings (SSSR count). The predicted molar refractivity (Wildman–Crippen MR) is 91.2 cm³/mol. The molecule has 21 heavy (non-hydrogen) atoms. The molecule has 1 aliphatic heterocycles. The van der Waals surface area contributed by atoms with Gasteiger partial charge in [-0.05, 0) is 56.2 Å². The van der Waals surface area contributed by atoms with E-state index >= 15 is 0 Å². The number of nitrogens with two attached hydrogens (primary N) is 1. The van der Waals surface area contributed by atoms with Gasteiger partial charge in [0.05, 0.1) is 0 Å². The lowest BCUT2D eigenvalue weighted by Gasteiger charge is -2.34. The molecule has 2 nitrogen and oxygen atoms in total. The van der Waals surface area contributed by atoms with Crippen molar-refractivity contribution in [3.8, 4) is 0 Å². The van der Waals surface area contributed by atoms with E-state index in [1.165, 1.54) is 37.9 Å². The van der Waals surface area contributed by atoms with Gasteiger partial charge in [-0.2, -0.15) is 0 Å². The van der Waals surface area contributed by atoms with Crippen molar-refractivity contribution in [3.05, 3.63) is 35.9 Å². The fraction of sp³-hybridized carbons (Fsp3) is 0.684. The lowest BCUT2D eigenvalue weighted by molar-refractivity contribution is 0.168. The standard InChI is InChI=1S/C19H32N2/c1-15(20)18(16-9-6-5-7-10-16)21-13-8-11-17(12-14-21)19(2,3)4/h5-7,9-10,15,17-18H,8,11-14,20H2,1-4H3. The Morgan fingerprint density at radius 1 is 1.10 bits per heavy atom. The van der Waals surface area contributed by atoms with E-state index in [-0.39, 0.29) is 6.04 Å². The lowest BCUT2D eigenvalue weighted by Crippen LogP contribution is -2.40. The maximum Gasteiger partial charge on any atom is 0.0496 e. The molecule has 2 N–H and O–H groups in total. The smallest absolute Gasteiger partial charge is 0.0496 e. The molecule has 0 bridgehead atoms. The zero-order valence-electron chi connectivity index (χ0n) is 14.2. The molecule has 1 aromatic rings. The molecule has 1 heterocycles. The zero-order valence-corrected chi connectivity index (χ0v) is 14.2. The van der Waals surface area contributed by atoms with Crippen molar-refractivity contribution < 1.29 is 0 Å². The molecule has 1 fully saturated rings. The van der Waals surface area contributed by atoms with Crippen LogP contribution in [0.4, 0.5) is 0 Å². The molecule has 1 aromatic carbocycles. The van der Waals surface area contributed by atoms with Gasteiger partial charge in [0.1, 0.15) is 0 Å². The minimum atomic E-state index is 0.165. The quantitative estimate of drug-likeness (QED) is 0.902. The molecule has 0 spiro atoms. The third-order valence-electron chi connectivity index (χ3n) is 5.02. The van der Waals surface area contributed by atoms with Crippen LogP contribution in [0.25, 0.3) is 0 Å². The fourth-order valence-corrected chi connectivity index (χ4v) is 3.76. The second kappa shape index (κ2) is 6.93. The van der Waals surface area contributed by atoms with E-state index in [0.29, 0.717) is 11.5 Å². The van der Waals surface area contributed by atoms with Gasteiger partial charge in [-0.1, -0.05) is 51.1 Å². The number of benzene rings is 1. The van der Waals surface area contributed by atoms with Crippen molar-refractivity contribution in [1.29, 1.82) is 0 Å². The van der Waals surface area contributed by atoms with Crippen LogP contribution < -0.4 is 5.73 Å². The van der Waals surface area contributed by atoms with Crippen molar-refractivity contribution in [3.63, 3.8) is 0 Å². The normalized spacial score (nSPS) is 24.3. The summed E-state index contributed by atoms with van der Waals surface area (Å²) in [7, 11) is 0. The van der Waals surface area contributed by atoms with Crippen LogP contribution in [0.3, 0.4) is 0 Å². The second-order valence-corrected chi connectivity index (χ2v) is 7.74. The summed E-state index contributed by atoms with van der Waals surface area (Å²) in [4.78, 5) is 2.62. The van der Waals surface area contributed by atoms with Gasteiger partial charge in [0.2, 0.25) is 0 Å². The summed E-state index contributed by atoms with van der Waals surface area (Å²) in [5.74, 6) is 0.826. The van der Waals surface area contributed by atoms with Crippen molar-refractivity contribution in [2.24, 2.45) is 17.1 Å². The highest BCUT2D eigenvalue weighted by atomic mass is 15.2. The third-order valence-corrected chi connectivity index (χ3v) is 5.02. The molecule has 1 saturated heterocycles. The van der Waals surface area contributed by atoms with E-state index in [4.69, 9.17) is 5.73 Å². The van der Waals surface area contributed by atoms with E-state index in [1.807, 2.05) is 0 Å². The van der Waals surface area contributed by atoms with Crippen LogP contribution in [-0.2, 0) is 0 Å². The summed E-state index contributed by atoms with van der Waals surface area (Å²) in [5.41, 5.74) is 8.12. The Labute approximate surface area is 130 Å². The van der Waals surface area contributed by atoms with Gasteiger partial charge in [0, 0.05) is 12.1 Å². The first-order valence-electron chi connectivity index (χ1n) is 8.44. The summed E-state index contributed by atoms with van der Waals surface area (Å²) >= 11 is 0. The maximum atomic E-state index is 6.33. The van der Waals surface area contributed by atoms with E-state index in [9.17, 15) is 0 Å². The maximum absolute atomic E-state index is 6.33. The Kier molecular flexibility index (Phi) is 5.45. The van der Waals surface area contributed by atoms with Crippen LogP contribution in [0.2, 0.25) is 0 Å². The second-order valence-electron chi connectivity index (χ2n) is 7.74. The molecule has 0 saturated carbocycles. The molecule has 0 amide bonds. The van der Waals surface area contributed by atoms with Crippen molar-refractivity contribution in [2.75, 3.05) is 13.1 Å². The fourth-order valence-electron chi connectivity index (χ4n) is 3.76. The van der Waals surface area contributed by atoms with Crippen LogP contribution in [0.15, 0.2) is 30.3 Å². The van der Waals surface area contributed by atoms with E-state index < -0.39 is 0 Å². The molecule has 3 atom stereocenters. The number of hydrogen-bond donors (Lipinski definition) is 1. The largest absolute Gasteiger partial charge is 0.326 e. The molecular weight excluding hydrogens is 256 g/mol. The van der Waals surface area contributed by atoms with Crippen LogP contribution >= 0.6 is 0 Å². The summed E-state index contributed by atoms with van der Waals surface area (Å²) < 4.78 is 0. The molecule has 0 aliphatic carbocycles. The molecule has 0 aromatic heterocycles. The topological polar surface area (TPSA) is 29.3 Å². The minimum absolute atomic E-state index is 0.165. The van der Waals surface area contributed by atoms with Crippen LogP contribution in [-0.4, -0.2) is 24.0 Å². The van der Waals surface area contributed by atoms with Crippen molar-refractivity contribution in [1.82, 2.24) is 4.90 Å². The van der Waals surface area contributed by atoms with Crippen molar-refractivity contribution >= 4 is 0 Å². The van der Waals surface area contributed by atoms with Gasteiger partial charge >= 0.3 is 0 Å². The van der Waals surface area contributed by atoms with Gasteiger partial charge in [0.15, 0.2) is 0 Å². The highest BCUT2D eigenvalue weighted by Gasteiger charge is 2.30. The zero-order chi connectivity index (χ0) is 15.5. The average molecular weight is 288 g/mol. The Hall–Kier alpha value is -0.860. The average Bonchev–Trinajstić information content (AvgIpc) is 2.65. The molecular formula is C19H32N2. The Morgan fingerprint density at radius 2 is 1.76 bits per heavy atom. The summed E-state index contributed by atoms with van der Waals surface area (Å²) in [6.07, 6.45) is 3.93. The number of rotatable bonds is 3. The predicted octanol–water partition coefficient (Wildman–Crippen LogP) is 4.22. The third kappa shape index (κ3) is 4.31. The van der Waals surface area contributed by atoms with Gasteiger partial charge in [-0.25, -0.2) is 0 Å². The highest BCUT2D eigenvalue weighted by Crippen LogP contribution is 2.36. The first-order valence-corrected chi connectivity index (χ1v) is 8.44. The molecule has 0 radical (unpaired) electrons. The monoisotopic (exact) mass is 288 g/mol. The van der Waals surface area contributed by atoms with Gasteiger partial charge in [-0.3, -0.25) is 4.90 Å². The van der Waals surface area contributed by atoms with Crippen molar-refractivity contribution in [2.45, 2.75) is 59.0 Å². The first-order chi connectivity index (χ1) is 9.89. The molecule has 3 unspecified atom stereocenters. The van der Waals surface area contributed by atoms with Gasteiger partial charge in [-0.15, -0.1) is 0 Å². The number of hydrogen-bond acceptors (Lipinski definition) is 2. The Bertz CT molecular complexity index is 419. The van der Waals surface area contributed by atoms with E-state index in [1.54, 1.807) is 0 Å². The van der Waals surface area contributed by atoms with Gasteiger partial charge < -0.3 is 5.73 Å². The molecule has 1 aliphatic rings. The van der Waals surface area contributed by atoms with Crippen LogP contribution in [0.1, 0.15) is 58.6 Å². The first kappa shape index (κ1) is 16.5. The Balaban J connectivity index is 2.12. The summed E-state index contributed by atoms with van der Waals surface area (Å²) in [5, 5.41) is 0. The van der Waals surface area contributed by atoms with E-state index in [0.717, 1.165) is 5.92 Å². The minimum Gasteiger partial charge on any atom is -0.326 e. The Morgan fingerprint density at radius 3 is 2.33 bits per heavy atom.